The van der Waals surface area contributed by atoms with Gasteiger partial charge in [-0.05, 0) is 77.0 Å². The molecule has 9 nitrogen and oxygen atoms in total. The molecule has 3 N–H and O–H groups in total. The first-order valence-electron chi connectivity index (χ1n) is 35.8. The van der Waals surface area contributed by atoms with Crippen LogP contribution in [0, 0.1) is 0 Å². The minimum Gasteiger partial charge on any atom is -0.462 e. The van der Waals surface area contributed by atoms with E-state index >= 15 is 0 Å². The highest BCUT2D eigenvalue weighted by molar-refractivity contribution is 7.47. The Morgan fingerprint density at radius 2 is 0.663 bits per heavy atom. The summed E-state index contributed by atoms with van der Waals surface area (Å²) < 4.78 is 33.2. The maximum absolute atomic E-state index is 12.8. The second kappa shape index (κ2) is 68.8. The molecule has 486 valence electrons. The van der Waals surface area contributed by atoms with Crippen molar-refractivity contribution in [2.24, 2.45) is 5.73 Å². The molecule has 0 aliphatic rings. The molecule has 0 aromatic rings. The normalized spacial score (nSPS) is 13.3. The summed E-state index contributed by atoms with van der Waals surface area (Å²) in [5, 5.41) is 0. The molecule has 2 unspecified atom stereocenters. The van der Waals surface area contributed by atoms with Gasteiger partial charge in [0.1, 0.15) is 6.61 Å². The van der Waals surface area contributed by atoms with Crippen LogP contribution in [0.1, 0.15) is 361 Å². The van der Waals surface area contributed by atoms with Gasteiger partial charge in [0.05, 0.1) is 13.2 Å². The number of carbonyl (C=O) groups is 2. The summed E-state index contributed by atoms with van der Waals surface area (Å²) in [6.07, 6.45) is 89.0. The zero-order chi connectivity index (χ0) is 60.1. The molecule has 0 bridgehead atoms. The van der Waals surface area contributed by atoms with Crippen molar-refractivity contribution < 1.29 is 37.6 Å². The van der Waals surface area contributed by atoms with Gasteiger partial charge < -0.3 is 20.1 Å². The number of phosphoric ester groups is 1. The van der Waals surface area contributed by atoms with Crippen LogP contribution < -0.4 is 5.73 Å². The van der Waals surface area contributed by atoms with E-state index in [1.165, 1.54) is 270 Å². The molecule has 0 aliphatic carbocycles. The lowest BCUT2D eigenvalue weighted by Gasteiger charge is -2.19. The lowest BCUT2D eigenvalue weighted by Crippen LogP contribution is -2.29. The number of allylic oxidation sites excluding steroid dienone is 10. The van der Waals surface area contributed by atoms with Crippen LogP contribution in [0.2, 0.25) is 0 Å². The SMILES string of the molecule is CC/C=C\C/C=C\C/C=C\C/C=C\CCCCCCCCCCCCCCCCCCCCCCCCC(=O)OC(COC(=O)CCCCCCCCCCCCCCCCC/C=C\CCCCCCCCCC)COP(=O)(O)OCCN. The first kappa shape index (κ1) is 80.7. The van der Waals surface area contributed by atoms with E-state index in [0.717, 1.165) is 57.8 Å². The quantitative estimate of drug-likeness (QED) is 0.0264. The second-order valence-electron chi connectivity index (χ2n) is 24.1. The summed E-state index contributed by atoms with van der Waals surface area (Å²) in [6, 6.07) is 0. The maximum Gasteiger partial charge on any atom is 0.472 e. The van der Waals surface area contributed by atoms with Crippen LogP contribution >= 0.6 is 7.82 Å². The Kier molecular flexibility index (Phi) is 66.9. The molecule has 0 aromatic carbocycles. The summed E-state index contributed by atoms with van der Waals surface area (Å²) in [5.74, 6) is -0.807. The number of esters is 2. The lowest BCUT2D eigenvalue weighted by atomic mass is 10.0. The number of carbonyl (C=O) groups excluding carboxylic acids is 2. The van der Waals surface area contributed by atoms with Crippen molar-refractivity contribution in [1.29, 1.82) is 0 Å². The van der Waals surface area contributed by atoms with E-state index in [-0.39, 0.29) is 38.6 Å². The average molecular weight is 1190 g/mol. The van der Waals surface area contributed by atoms with Gasteiger partial charge in [-0.3, -0.25) is 18.6 Å². The number of phosphoric acid groups is 1. The molecular weight excluding hydrogens is 1050 g/mol. The molecule has 0 amide bonds. The van der Waals surface area contributed by atoms with Crippen molar-refractivity contribution in [3.8, 4) is 0 Å². The minimum atomic E-state index is -4.39. The summed E-state index contributed by atoms with van der Waals surface area (Å²) in [5.41, 5.74) is 5.41. The monoisotopic (exact) mass is 1190 g/mol. The highest BCUT2D eigenvalue weighted by Gasteiger charge is 2.26. The summed E-state index contributed by atoms with van der Waals surface area (Å²) in [6.45, 7) is 3.70. The van der Waals surface area contributed by atoms with Crippen molar-refractivity contribution in [2.75, 3.05) is 26.4 Å². The highest BCUT2D eigenvalue weighted by atomic mass is 31.2. The largest absolute Gasteiger partial charge is 0.472 e. The second-order valence-corrected chi connectivity index (χ2v) is 25.5. The number of hydrogen-bond donors (Lipinski definition) is 2. The number of unbranched alkanes of at least 4 members (excludes halogenated alkanes) is 45. The minimum absolute atomic E-state index is 0.0550. The third-order valence-corrected chi connectivity index (χ3v) is 16.9. The number of nitrogens with two attached hydrogens (primary N) is 1. The predicted octanol–water partition coefficient (Wildman–Crippen LogP) is 23.4. The smallest absolute Gasteiger partial charge is 0.462 e. The lowest BCUT2D eigenvalue weighted by molar-refractivity contribution is -0.161. The van der Waals surface area contributed by atoms with Crippen molar-refractivity contribution in [1.82, 2.24) is 0 Å². The molecule has 0 heterocycles. The average Bonchev–Trinajstić information content (AvgIpc) is 3.48. The molecule has 83 heavy (non-hydrogen) atoms. The van der Waals surface area contributed by atoms with Gasteiger partial charge in [0, 0.05) is 19.4 Å². The van der Waals surface area contributed by atoms with E-state index in [1.54, 1.807) is 0 Å². The molecule has 0 aromatic heterocycles. The predicted molar refractivity (Wildman–Crippen MR) is 358 cm³/mol. The summed E-state index contributed by atoms with van der Waals surface area (Å²) >= 11 is 0. The van der Waals surface area contributed by atoms with Gasteiger partial charge >= 0.3 is 19.8 Å². The molecule has 2 atom stereocenters. The Bertz CT molecular complexity index is 1540. The van der Waals surface area contributed by atoms with E-state index < -0.39 is 26.5 Å². The molecule has 0 aliphatic heterocycles. The Morgan fingerprint density at radius 3 is 1.00 bits per heavy atom. The van der Waals surface area contributed by atoms with Gasteiger partial charge in [-0.25, -0.2) is 4.57 Å². The molecule has 0 saturated carbocycles. The zero-order valence-corrected chi connectivity index (χ0v) is 55.6. The molecule has 0 radical (unpaired) electrons. The van der Waals surface area contributed by atoms with Crippen LogP contribution in [0.25, 0.3) is 0 Å². The zero-order valence-electron chi connectivity index (χ0n) is 54.7. The Labute approximate surface area is 514 Å². The van der Waals surface area contributed by atoms with Gasteiger partial charge in [0.25, 0.3) is 0 Å². The number of ether oxygens (including phenoxy) is 2. The highest BCUT2D eigenvalue weighted by Crippen LogP contribution is 2.43. The Balaban J connectivity index is 3.81. The van der Waals surface area contributed by atoms with Crippen molar-refractivity contribution in [3.05, 3.63) is 60.8 Å². The number of rotatable bonds is 68. The first-order chi connectivity index (χ1) is 40.8. The van der Waals surface area contributed by atoms with E-state index in [4.69, 9.17) is 24.3 Å². The van der Waals surface area contributed by atoms with Gasteiger partial charge in [0.15, 0.2) is 6.10 Å². The van der Waals surface area contributed by atoms with Gasteiger partial charge in [0.2, 0.25) is 0 Å². The van der Waals surface area contributed by atoms with E-state index in [1.807, 2.05) is 0 Å². The van der Waals surface area contributed by atoms with Gasteiger partial charge in [-0.1, -0.05) is 331 Å². The van der Waals surface area contributed by atoms with Crippen molar-refractivity contribution in [3.63, 3.8) is 0 Å². The van der Waals surface area contributed by atoms with Crippen LogP contribution in [0.4, 0.5) is 0 Å². The van der Waals surface area contributed by atoms with Crippen LogP contribution in [0.5, 0.6) is 0 Å². The van der Waals surface area contributed by atoms with Crippen LogP contribution in [0.3, 0.4) is 0 Å². The molecule has 0 saturated heterocycles. The first-order valence-corrected chi connectivity index (χ1v) is 37.3. The third-order valence-electron chi connectivity index (χ3n) is 15.9. The van der Waals surface area contributed by atoms with E-state index in [2.05, 4.69) is 74.6 Å². The molecule has 0 fully saturated rings. The van der Waals surface area contributed by atoms with Crippen molar-refractivity contribution >= 4 is 19.8 Å². The van der Waals surface area contributed by atoms with E-state index in [0.29, 0.717) is 6.42 Å². The van der Waals surface area contributed by atoms with Gasteiger partial charge in [-0.2, -0.15) is 0 Å². The molecular formula is C73H136NO8P. The molecule has 0 spiro atoms. The summed E-state index contributed by atoms with van der Waals surface area (Å²) in [7, 11) is -4.39. The third kappa shape index (κ3) is 68.7. The van der Waals surface area contributed by atoms with Crippen LogP contribution in [0.15, 0.2) is 60.8 Å². The Hall–Kier alpha value is -2.29. The van der Waals surface area contributed by atoms with Crippen LogP contribution in [-0.2, 0) is 32.7 Å². The standard InChI is InChI=1S/C73H136NO8P/c1-3-5-7-9-11-13-15-17-19-21-23-25-27-29-31-32-33-34-35-36-37-38-40-42-44-46-48-50-52-54-56-58-60-62-64-66-73(76)82-71(70-81-83(77,78)80-68-67-74)69-79-72(75)65-63-61-59-57-55-53-51-49-47-45-43-41-39-30-28-26-24-22-20-18-16-14-12-10-8-6-4-2/h5,7,11,13,17,19,22-25,71H,3-4,6,8-10,12,14-16,18,20-21,26-70,74H2,1-2H3,(H,77,78)/b7-5-,13-11-,19-17-,24-22-,25-23-. The van der Waals surface area contributed by atoms with Crippen molar-refractivity contribution in [2.45, 2.75) is 367 Å². The summed E-state index contributed by atoms with van der Waals surface area (Å²) in [4.78, 5) is 35.4. The maximum atomic E-state index is 12.8. The van der Waals surface area contributed by atoms with Crippen LogP contribution in [-0.4, -0.2) is 49.3 Å². The fraction of sp³-hybridized carbons (Fsp3) is 0.836. The Morgan fingerprint density at radius 1 is 0.373 bits per heavy atom. The fourth-order valence-electron chi connectivity index (χ4n) is 10.6. The fourth-order valence-corrected chi connectivity index (χ4v) is 11.4. The molecule has 0 rings (SSSR count). The van der Waals surface area contributed by atoms with Gasteiger partial charge in [-0.15, -0.1) is 0 Å². The van der Waals surface area contributed by atoms with E-state index in [9.17, 15) is 19.0 Å². The number of hydrogen-bond acceptors (Lipinski definition) is 8. The topological polar surface area (TPSA) is 134 Å². The molecule has 10 heteroatoms.